The first-order valence-corrected chi connectivity index (χ1v) is 8.68. The van der Waals surface area contributed by atoms with Gasteiger partial charge in [0, 0.05) is 6.04 Å². The molecule has 1 aromatic rings. The average molecular weight is 271 g/mol. The van der Waals surface area contributed by atoms with Crippen molar-refractivity contribution in [2.24, 2.45) is 5.92 Å². The van der Waals surface area contributed by atoms with Gasteiger partial charge in [0.1, 0.15) is 0 Å². The Balaban J connectivity index is 1.65. The highest BCUT2D eigenvalue weighted by atomic mass is 14.9. The summed E-state index contributed by atoms with van der Waals surface area (Å²) in [5, 5.41) is 3.76. The van der Waals surface area contributed by atoms with Gasteiger partial charge in [0.25, 0.3) is 0 Å². The molecule has 110 valence electrons. The molecule has 0 aromatic heterocycles. The molecular formula is C19H29N. The van der Waals surface area contributed by atoms with Crippen LogP contribution in [0.4, 0.5) is 0 Å². The summed E-state index contributed by atoms with van der Waals surface area (Å²) in [6.07, 6.45) is 11.2. The van der Waals surface area contributed by atoms with Gasteiger partial charge >= 0.3 is 0 Å². The third-order valence-electron chi connectivity index (χ3n) is 5.40. The highest BCUT2D eigenvalue weighted by Crippen LogP contribution is 2.37. The maximum Gasteiger partial charge on any atom is 0.00754 e. The quantitative estimate of drug-likeness (QED) is 0.793. The fourth-order valence-electron chi connectivity index (χ4n) is 4.13. The number of hydrogen-bond donors (Lipinski definition) is 1. The third kappa shape index (κ3) is 3.25. The molecule has 2 atom stereocenters. The van der Waals surface area contributed by atoms with E-state index in [1.807, 2.05) is 0 Å². The van der Waals surface area contributed by atoms with Crippen LogP contribution in [-0.4, -0.2) is 12.6 Å². The van der Waals surface area contributed by atoms with E-state index in [4.69, 9.17) is 0 Å². The van der Waals surface area contributed by atoms with Crippen LogP contribution >= 0.6 is 0 Å². The maximum absolute atomic E-state index is 3.76. The second-order valence-corrected chi connectivity index (χ2v) is 6.81. The molecule has 2 unspecified atom stereocenters. The van der Waals surface area contributed by atoms with E-state index in [-0.39, 0.29) is 0 Å². The largest absolute Gasteiger partial charge is 0.314 e. The summed E-state index contributed by atoms with van der Waals surface area (Å²) in [4.78, 5) is 0. The standard InChI is InChI=1S/C19H29N/c1-2-20-18(13-15-7-5-8-15)14-17-11-6-10-16-9-3-4-12-19(16)17/h3-4,9,12,15,17-18,20H,2,5-8,10-11,13-14H2,1H3. The summed E-state index contributed by atoms with van der Waals surface area (Å²) >= 11 is 0. The second kappa shape index (κ2) is 6.76. The van der Waals surface area contributed by atoms with Gasteiger partial charge in [-0.25, -0.2) is 0 Å². The molecule has 0 bridgehead atoms. The van der Waals surface area contributed by atoms with E-state index >= 15 is 0 Å². The van der Waals surface area contributed by atoms with Crippen molar-refractivity contribution in [1.29, 1.82) is 0 Å². The van der Waals surface area contributed by atoms with Crippen LogP contribution in [0.25, 0.3) is 0 Å². The molecule has 0 spiro atoms. The first-order valence-electron chi connectivity index (χ1n) is 8.68. The molecule has 2 aliphatic carbocycles. The summed E-state index contributed by atoms with van der Waals surface area (Å²) in [5.74, 6) is 1.81. The molecular weight excluding hydrogens is 242 g/mol. The van der Waals surface area contributed by atoms with Crippen molar-refractivity contribution in [1.82, 2.24) is 5.32 Å². The van der Waals surface area contributed by atoms with Crippen LogP contribution < -0.4 is 5.32 Å². The summed E-state index contributed by atoms with van der Waals surface area (Å²) in [5.41, 5.74) is 3.26. The van der Waals surface area contributed by atoms with Crippen molar-refractivity contribution >= 4 is 0 Å². The van der Waals surface area contributed by atoms with E-state index in [9.17, 15) is 0 Å². The van der Waals surface area contributed by atoms with Gasteiger partial charge in [0.05, 0.1) is 0 Å². The van der Waals surface area contributed by atoms with Crippen LogP contribution in [0, 0.1) is 5.92 Å². The number of aryl methyl sites for hydroxylation is 1. The highest BCUT2D eigenvalue weighted by Gasteiger charge is 2.26. The Morgan fingerprint density at radius 3 is 2.70 bits per heavy atom. The van der Waals surface area contributed by atoms with Crippen LogP contribution in [0.15, 0.2) is 24.3 Å². The van der Waals surface area contributed by atoms with Crippen LogP contribution in [0.3, 0.4) is 0 Å². The van der Waals surface area contributed by atoms with E-state index in [1.54, 1.807) is 11.1 Å². The SMILES string of the molecule is CCNC(CC1CCC1)CC1CCCc2ccccc21. The van der Waals surface area contributed by atoms with E-state index in [0.717, 1.165) is 24.4 Å². The molecule has 0 saturated heterocycles. The number of benzene rings is 1. The topological polar surface area (TPSA) is 12.0 Å². The van der Waals surface area contributed by atoms with Gasteiger partial charge in [0.15, 0.2) is 0 Å². The monoisotopic (exact) mass is 271 g/mol. The molecule has 1 fully saturated rings. The molecule has 0 amide bonds. The Hall–Kier alpha value is -0.820. The minimum Gasteiger partial charge on any atom is -0.314 e. The van der Waals surface area contributed by atoms with Gasteiger partial charge in [0.2, 0.25) is 0 Å². The van der Waals surface area contributed by atoms with Crippen LogP contribution in [-0.2, 0) is 6.42 Å². The molecule has 2 aliphatic rings. The summed E-state index contributed by atoms with van der Waals surface area (Å²) in [7, 11) is 0. The van der Waals surface area contributed by atoms with E-state index in [0.29, 0.717) is 0 Å². The van der Waals surface area contributed by atoms with Crippen LogP contribution in [0.2, 0.25) is 0 Å². The van der Waals surface area contributed by atoms with Gasteiger partial charge < -0.3 is 5.32 Å². The lowest BCUT2D eigenvalue weighted by Gasteiger charge is -2.34. The van der Waals surface area contributed by atoms with Gasteiger partial charge in [-0.05, 0) is 61.6 Å². The Bertz CT molecular complexity index is 422. The Morgan fingerprint density at radius 2 is 1.95 bits per heavy atom. The first-order chi connectivity index (χ1) is 9.86. The minimum atomic E-state index is 0.737. The van der Waals surface area contributed by atoms with Gasteiger partial charge in [-0.3, -0.25) is 0 Å². The van der Waals surface area contributed by atoms with Crippen LogP contribution in [0.5, 0.6) is 0 Å². The van der Waals surface area contributed by atoms with Crippen molar-refractivity contribution in [2.75, 3.05) is 6.54 Å². The molecule has 0 heterocycles. The normalized spacial score (nSPS) is 23.9. The summed E-state index contributed by atoms with van der Waals surface area (Å²) in [6.45, 7) is 3.37. The summed E-state index contributed by atoms with van der Waals surface area (Å²) < 4.78 is 0. The van der Waals surface area contributed by atoms with Gasteiger partial charge in [-0.2, -0.15) is 0 Å². The molecule has 1 N–H and O–H groups in total. The molecule has 1 aromatic carbocycles. The number of fused-ring (bicyclic) bond motifs is 1. The average Bonchev–Trinajstić information content (AvgIpc) is 2.43. The predicted octanol–water partition coefficient (Wildman–Crippen LogP) is 4.66. The minimum absolute atomic E-state index is 0.737. The maximum atomic E-state index is 3.76. The smallest absolute Gasteiger partial charge is 0.00754 e. The number of hydrogen-bond acceptors (Lipinski definition) is 1. The fourth-order valence-corrected chi connectivity index (χ4v) is 4.13. The van der Waals surface area contributed by atoms with Crippen molar-refractivity contribution < 1.29 is 0 Å². The Kier molecular flexibility index (Phi) is 4.77. The van der Waals surface area contributed by atoms with Crippen molar-refractivity contribution in [3.05, 3.63) is 35.4 Å². The number of rotatable bonds is 6. The lowest BCUT2D eigenvalue weighted by atomic mass is 9.75. The zero-order valence-corrected chi connectivity index (χ0v) is 12.9. The lowest BCUT2D eigenvalue weighted by molar-refractivity contribution is 0.247. The number of nitrogens with one attached hydrogen (secondary N) is 1. The highest BCUT2D eigenvalue weighted by molar-refractivity contribution is 5.32. The lowest BCUT2D eigenvalue weighted by Crippen LogP contribution is -2.34. The zero-order chi connectivity index (χ0) is 13.8. The predicted molar refractivity (Wildman–Crippen MR) is 86.2 cm³/mol. The van der Waals surface area contributed by atoms with Crippen molar-refractivity contribution in [3.8, 4) is 0 Å². The molecule has 0 radical (unpaired) electrons. The Morgan fingerprint density at radius 1 is 1.10 bits per heavy atom. The van der Waals surface area contributed by atoms with E-state index in [2.05, 4.69) is 36.5 Å². The molecule has 1 heteroatoms. The van der Waals surface area contributed by atoms with Crippen LogP contribution in [0.1, 0.15) is 68.9 Å². The van der Waals surface area contributed by atoms with Crippen molar-refractivity contribution in [3.63, 3.8) is 0 Å². The zero-order valence-electron chi connectivity index (χ0n) is 12.9. The van der Waals surface area contributed by atoms with Gasteiger partial charge in [-0.15, -0.1) is 0 Å². The van der Waals surface area contributed by atoms with Gasteiger partial charge in [-0.1, -0.05) is 50.5 Å². The first kappa shape index (κ1) is 14.1. The molecule has 3 rings (SSSR count). The molecule has 0 aliphatic heterocycles. The molecule has 1 saturated carbocycles. The molecule has 1 nitrogen and oxygen atoms in total. The van der Waals surface area contributed by atoms with E-state index in [1.165, 1.54) is 51.4 Å². The van der Waals surface area contributed by atoms with Crippen molar-refractivity contribution in [2.45, 2.75) is 70.3 Å². The fraction of sp³-hybridized carbons (Fsp3) is 0.684. The van der Waals surface area contributed by atoms with E-state index < -0.39 is 0 Å². The second-order valence-electron chi connectivity index (χ2n) is 6.81. The summed E-state index contributed by atoms with van der Waals surface area (Å²) in [6, 6.07) is 9.89. The Labute approximate surface area is 124 Å². The third-order valence-corrected chi connectivity index (χ3v) is 5.40. The molecule has 20 heavy (non-hydrogen) atoms.